The minimum atomic E-state index is -0.373. The number of rotatable bonds is 4. The Kier molecular flexibility index (Phi) is 5.38. The van der Waals surface area contributed by atoms with Crippen LogP contribution in [0.1, 0.15) is 40.1 Å². The van der Waals surface area contributed by atoms with Crippen molar-refractivity contribution < 1.29 is 9.53 Å². The molecule has 0 bridgehead atoms. The normalized spacial score (nSPS) is 22.7. The van der Waals surface area contributed by atoms with E-state index in [1.807, 2.05) is 18.2 Å². The Labute approximate surface area is 167 Å². The van der Waals surface area contributed by atoms with E-state index in [2.05, 4.69) is 47.9 Å². The monoisotopic (exact) mass is 379 g/mol. The first-order chi connectivity index (χ1) is 13.6. The van der Waals surface area contributed by atoms with Crippen LogP contribution in [0.15, 0.2) is 42.5 Å². The molecule has 2 aliphatic rings. The van der Waals surface area contributed by atoms with Gasteiger partial charge in [-0.05, 0) is 55.3 Å². The number of hydrogen-bond acceptors (Lipinski definition) is 4. The van der Waals surface area contributed by atoms with Crippen LogP contribution >= 0.6 is 0 Å². The predicted molar refractivity (Wildman–Crippen MR) is 112 cm³/mol. The largest absolute Gasteiger partial charge is 0.371 e. The molecule has 0 saturated carbocycles. The van der Waals surface area contributed by atoms with Gasteiger partial charge in [0.05, 0.1) is 12.6 Å². The van der Waals surface area contributed by atoms with Crippen LogP contribution in [-0.2, 0) is 11.2 Å². The minimum absolute atomic E-state index is 0.0127. The summed E-state index contributed by atoms with van der Waals surface area (Å²) in [6.45, 7) is 9.05. The quantitative estimate of drug-likeness (QED) is 0.887. The van der Waals surface area contributed by atoms with Gasteiger partial charge >= 0.3 is 0 Å². The molecule has 2 heterocycles. The topological polar surface area (TPSA) is 58.8 Å². The van der Waals surface area contributed by atoms with Gasteiger partial charge < -0.3 is 15.4 Å². The molecule has 0 spiro atoms. The zero-order valence-corrected chi connectivity index (χ0v) is 16.7. The Hall–Kier alpha value is -2.37. The molecule has 4 rings (SSSR count). The van der Waals surface area contributed by atoms with Gasteiger partial charge in [-0.3, -0.25) is 9.69 Å². The van der Waals surface area contributed by atoms with Gasteiger partial charge in [-0.25, -0.2) is 0 Å². The van der Waals surface area contributed by atoms with Gasteiger partial charge in [0, 0.05) is 30.9 Å². The van der Waals surface area contributed by atoms with E-state index < -0.39 is 0 Å². The van der Waals surface area contributed by atoms with Crippen LogP contribution in [0.4, 0.5) is 5.69 Å². The number of hydrogen-bond donors (Lipinski definition) is 1. The molecule has 2 N–H and O–H groups in total. The SMILES string of the molecule is CCN1CCN(c2ccc(C)cc2)C(C2OCCc3cc(C(N)=O)ccc32)C1. The fourth-order valence-electron chi connectivity index (χ4n) is 4.43. The maximum absolute atomic E-state index is 11.6. The van der Waals surface area contributed by atoms with Crippen molar-refractivity contribution in [3.05, 3.63) is 64.7 Å². The highest BCUT2D eigenvalue weighted by Gasteiger charge is 2.37. The van der Waals surface area contributed by atoms with Crippen LogP contribution in [0.2, 0.25) is 0 Å². The first kappa shape index (κ1) is 19.0. The number of piperazine rings is 1. The second kappa shape index (κ2) is 7.94. The maximum Gasteiger partial charge on any atom is 0.248 e. The summed E-state index contributed by atoms with van der Waals surface area (Å²) in [4.78, 5) is 16.6. The van der Waals surface area contributed by atoms with Crippen LogP contribution in [0.5, 0.6) is 0 Å². The number of ether oxygens (including phenoxy) is 1. The van der Waals surface area contributed by atoms with Crippen LogP contribution in [0.3, 0.4) is 0 Å². The van der Waals surface area contributed by atoms with Crippen molar-refractivity contribution in [3.8, 4) is 0 Å². The summed E-state index contributed by atoms with van der Waals surface area (Å²) in [7, 11) is 0. The number of primary amides is 1. The second-order valence-corrected chi connectivity index (χ2v) is 7.81. The molecule has 1 saturated heterocycles. The van der Waals surface area contributed by atoms with Crippen molar-refractivity contribution in [3.63, 3.8) is 0 Å². The van der Waals surface area contributed by atoms with Gasteiger partial charge in [0.2, 0.25) is 5.91 Å². The molecule has 2 unspecified atom stereocenters. The summed E-state index contributed by atoms with van der Waals surface area (Å²) in [5.74, 6) is -0.373. The molecule has 28 heavy (non-hydrogen) atoms. The van der Waals surface area contributed by atoms with Crippen molar-refractivity contribution in [1.29, 1.82) is 0 Å². The summed E-state index contributed by atoms with van der Waals surface area (Å²) < 4.78 is 6.33. The number of benzene rings is 2. The number of nitrogens with two attached hydrogens (primary N) is 1. The number of aryl methyl sites for hydroxylation is 1. The molecule has 5 nitrogen and oxygen atoms in total. The molecule has 5 heteroatoms. The van der Waals surface area contributed by atoms with E-state index in [9.17, 15) is 4.79 Å². The molecule has 2 aromatic carbocycles. The van der Waals surface area contributed by atoms with Gasteiger partial charge in [-0.2, -0.15) is 0 Å². The number of amides is 1. The Bertz CT molecular complexity index is 849. The van der Waals surface area contributed by atoms with Crippen LogP contribution in [0.25, 0.3) is 0 Å². The fourth-order valence-corrected chi connectivity index (χ4v) is 4.43. The molecular formula is C23H29N3O2. The summed E-state index contributed by atoms with van der Waals surface area (Å²) in [5.41, 5.74) is 11.0. The minimum Gasteiger partial charge on any atom is -0.371 e. The van der Waals surface area contributed by atoms with E-state index in [0.29, 0.717) is 12.2 Å². The third-order valence-electron chi connectivity index (χ3n) is 6.07. The lowest BCUT2D eigenvalue weighted by Gasteiger charge is -2.47. The molecular weight excluding hydrogens is 350 g/mol. The number of carbonyl (C=O) groups excluding carboxylic acids is 1. The molecule has 1 fully saturated rings. The Morgan fingerprint density at radius 2 is 1.96 bits per heavy atom. The highest BCUT2D eigenvalue weighted by Crippen LogP contribution is 2.36. The van der Waals surface area contributed by atoms with Crippen molar-refractivity contribution in [2.24, 2.45) is 5.73 Å². The molecule has 2 atom stereocenters. The first-order valence-electron chi connectivity index (χ1n) is 10.2. The molecule has 2 aliphatic heterocycles. The van der Waals surface area contributed by atoms with E-state index in [1.165, 1.54) is 22.4 Å². The summed E-state index contributed by atoms with van der Waals surface area (Å²) in [6.07, 6.45) is 0.808. The summed E-state index contributed by atoms with van der Waals surface area (Å²) in [6, 6.07) is 14.8. The second-order valence-electron chi connectivity index (χ2n) is 7.81. The van der Waals surface area contributed by atoms with Gasteiger partial charge in [0.1, 0.15) is 6.10 Å². The predicted octanol–water partition coefficient (Wildman–Crippen LogP) is 2.92. The van der Waals surface area contributed by atoms with E-state index in [1.54, 1.807) is 0 Å². The van der Waals surface area contributed by atoms with E-state index in [0.717, 1.165) is 32.6 Å². The zero-order chi connectivity index (χ0) is 19.7. The molecule has 148 valence electrons. The van der Waals surface area contributed by atoms with Crippen LogP contribution in [-0.4, -0.2) is 49.6 Å². The van der Waals surface area contributed by atoms with Crippen molar-refractivity contribution in [1.82, 2.24) is 4.90 Å². The van der Waals surface area contributed by atoms with Gasteiger partial charge in [0.25, 0.3) is 0 Å². The van der Waals surface area contributed by atoms with Crippen LogP contribution in [0, 0.1) is 6.92 Å². The van der Waals surface area contributed by atoms with E-state index >= 15 is 0 Å². The number of fused-ring (bicyclic) bond motifs is 1. The average Bonchev–Trinajstić information content (AvgIpc) is 2.73. The number of likely N-dealkylation sites (N-methyl/N-ethyl adjacent to an activating group) is 1. The lowest BCUT2D eigenvalue weighted by atomic mass is 9.89. The number of anilines is 1. The standard InChI is InChI=1S/C23H29N3O2/c1-3-25-11-12-26(19-7-4-16(2)5-8-19)21(15-25)22-20-9-6-18(23(24)27)14-17(20)10-13-28-22/h4-9,14,21-22H,3,10-13,15H2,1-2H3,(H2,24,27). The lowest BCUT2D eigenvalue weighted by molar-refractivity contribution is 0.00757. The molecule has 0 radical (unpaired) electrons. The fraction of sp³-hybridized carbons (Fsp3) is 0.435. The molecule has 2 aromatic rings. The number of nitrogens with zero attached hydrogens (tertiary/aromatic N) is 2. The van der Waals surface area contributed by atoms with Gasteiger partial charge in [-0.1, -0.05) is 30.7 Å². The van der Waals surface area contributed by atoms with Gasteiger partial charge in [0.15, 0.2) is 0 Å². The van der Waals surface area contributed by atoms with E-state index in [-0.39, 0.29) is 18.1 Å². The third kappa shape index (κ3) is 3.64. The smallest absolute Gasteiger partial charge is 0.248 e. The lowest BCUT2D eigenvalue weighted by Crippen LogP contribution is -2.56. The Balaban J connectivity index is 1.70. The van der Waals surface area contributed by atoms with E-state index in [4.69, 9.17) is 10.5 Å². The first-order valence-corrected chi connectivity index (χ1v) is 10.2. The Morgan fingerprint density at radius 3 is 2.68 bits per heavy atom. The third-order valence-corrected chi connectivity index (χ3v) is 6.07. The summed E-state index contributed by atoms with van der Waals surface area (Å²) in [5, 5.41) is 0. The average molecular weight is 380 g/mol. The maximum atomic E-state index is 11.6. The molecule has 1 amide bonds. The summed E-state index contributed by atoms with van der Waals surface area (Å²) >= 11 is 0. The highest BCUT2D eigenvalue weighted by atomic mass is 16.5. The van der Waals surface area contributed by atoms with Gasteiger partial charge in [-0.15, -0.1) is 0 Å². The zero-order valence-electron chi connectivity index (χ0n) is 16.7. The van der Waals surface area contributed by atoms with Crippen molar-refractivity contribution >= 4 is 11.6 Å². The Morgan fingerprint density at radius 1 is 1.18 bits per heavy atom. The van der Waals surface area contributed by atoms with Crippen molar-refractivity contribution in [2.45, 2.75) is 32.4 Å². The number of carbonyl (C=O) groups is 1. The van der Waals surface area contributed by atoms with Crippen molar-refractivity contribution in [2.75, 3.05) is 37.7 Å². The highest BCUT2D eigenvalue weighted by molar-refractivity contribution is 5.93. The van der Waals surface area contributed by atoms with Crippen LogP contribution < -0.4 is 10.6 Å². The molecule has 0 aliphatic carbocycles. The molecule has 0 aromatic heterocycles.